The van der Waals surface area contributed by atoms with Crippen LogP contribution in [0.2, 0.25) is 5.02 Å². The van der Waals surface area contributed by atoms with Crippen LogP contribution in [0.1, 0.15) is 26.5 Å². The second-order valence-corrected chi connectivity index (χ2v) is 6.65. The van der Waals surface area contributed by atoms with Crippen molar-refractivity contribution in [1.29, 1.82) is 0 Å². The number of para-hydroxylation sites is 1. The minimum atomic E-state index is -0.0445. The summed E-state index contributed by atoms with van der Waals surface area (Å²) in [5.41, 5.74) is 7.89. The minimum absolute atomic E-state index is 0.0445. The molecule has 0 aliphatic heterocycles. The highest BCUT2D eigenvalue weighted by Gasteiger charge is 2.25. The zero-order valence-electron chi connectivity index (χ0n) is 10.5. The maximum absolute atomic E-state index is 6.19. The maximum atomic E-state index is 6.19. The van der Waals surface area contributed by atoms with E-state index < -0.39 is 0 Å². The molecule has 0 atom stereocenters. The molecule has 0 aliphatic rings. The van der Waals surface area contributed by atoms with E-state index in [0.717, 1.165) is 15.0 Å². The molecule has 2 rings (SSSR count). The molecule has 5 heteroatoms. The van der Waals surface area contributed by atoms with Gasteiger partial charge in [-0.1, -0.05) is 44.5 Å². The van der Waals surface area contributed by atoms with E-state index in [0.29, 0.717) is 10.8 Å². The van der Waals surface area contributed by atoms with Gasteiger partial charge in [0.25, 0.3) is 0 Å². The average molecular weight is 376 g/mol. The molecule has 2 N–H and O–H groups in total. The zero-order chi connectivity index (χ0) is 13.5. The first kappa shape index (κ1) is 13.7. The molecule has 0 saturated carbocycles. The van der Waals surface area contributed by atoms with Crippen LogP contribution < -0.4 is 5.73 Å². The number of aromatic nitrogens is 2. The van der Waals surface area contributed by atoms with E-state index in [2.05, 4.69) is 48.5 Å². The van der Waals surface area contributed by atoms with Gasteiger partial charge < -0.3 is 5.73 Å². The smallest absolute Gasteiger partial charge is 0.141 e. The molecule has 0 radical (unpaired) electrons. The van der Waals surface area contributed by atoms with Crippen molar-refractivity contribution in [2.45, 2.75) is 26.2 Å². The number of benzene rings is 1. The molecule has 0 amide bonds. The van der Waals surface area contributed by atoms with E-state index in [-0.39, 0.29) is 5.41 Å². The van der Waals surface area contributed by atoms with Crippen molar-refractivity contribution in [3.05, 3.63) is 38.6 Å². The van der Waals surface area contributed by atoms with Crippen molar-refractivity contribution in [2.24, 2.45) is 0 Å². The van der Waals surface area contributed by atoms with Gasteiger partial charge >= 0.3 is 0 Å². The third-order valence-corrected chi connectivity index (χ3v) is 4.04. The van der Waals surface area contributed by atoms with Gasteiger partial charge in [-0.05, 0) is 34.7 Å². The van der Waals surface area contributed by atoms with Crippen LogP contribution >= 0.6 is 34.2 Å². The number of hydrogen-bond acceptors (Lipinski definition) is 2. The molecule has 2 aromatic rings. The number of anilines is 1. The monoisotopic (exact) mass is 375 g/mol. The topological polar surface area (TPSA) is 43.8 Å². The normalized spacial score (nSPS) is 11.8. The van der Waals surface area contributed by atoms with Crippen LogP contribution in [0.15, 0.2) is 24.3 Å². The Labute approximate surface area is 125 Å². The van der Waals surface area contributed by atoms with E-state index in [4.69, 9.17) is 17.3 Å². The summed E-state index contributed by atoms with van der Waals surface area (Å²) in [6.45, 7) is 6.36. The summed E-state index contributed by atoms with van der Waals surface area (Å²) in [7, 11) is 0. The highest BCUT2D eigenvalue weighted by Crippen LogP contribution is 2.32. The first-order valence-corrected chi connectivity index (χ1v) is 7.07. The molecular formula is C13H15ClIN3. The molecule has 18 heavy (non-hydrogen) atoms. The molecule has 1 aromatic carbocycles. The number of nitrogens with zero attached hydrogens (tertiary/aromatic N) is 2. The molecule has 3 nitrogen and oxygen atoms in total. The van der Waals surface area contributed by atoms with Crippen molar-refractivity contribution in [3.8, 4) is 5.69 Å². The van der Waals surface area contributed by atoms with Crippen LogP contribution in [0.4, 0.5) is 5.82 Å². The molecule has 96 valence electrons. The van der Waals surface area contributed by atoms with Crippen LogP contribution in [-0.4, -0.2) is 9.78 Å². The quantitative estimate of drug-likeness (QED) is 0.765. The Morgan fingerprint density at radius 3 is 2.39 bits per heavy atom. The summed E-state index contributed by atoms with van der Waals surface area (Å²) in [4.78, 5) is 0. The highest BCUT2D eigenvalue weighted by molar-refractivity contribution is 14.1. The second kappa shape index (κ2) is 4.74. The Morgan fingerprint density at radius 2 is 1.89 bits per heavy atom. The fraction of sp³-hybridized carbons (Fsp3) is 0.308. The fourth-order valence-electron chi connectivity index (χ4n) is 1.70. The second-order valence-electron chi connectivity index (χ2n) is 5.16. The fourth-order valence-corrected chi connectivity index (χ4v) is 3.06. The lowest BCUT2D eigenvalue weighted by molar-refractivity contribution is 0.557. The number of nitrogens with two attached hydrogens (primary N) is 1. The van der Waals surface area contributed by atoms with Gasteiger partial charge in [-0.3, -0.25) is 0 Å². The van der Waals surface area contributed by atoms with Crippen molar-refractivity contribution in [2.75, 3.05) is 5.73 Å². The van der Waals surface area contributed by atoms with Gasteiger partial charge in [0.2, 0.25) is 0 Å². The lowest BCUT2D eigenvalue weighted by atomic mass is 9.92. The van der Waals surface area contributed by atoms with Gasteiger partial charge in [-0.15, -0.1) is 0 Å². The van der Waals surface area contributed by atoms with Crippen LogP contribution in [0.25, 0.3) is 5.69 Å². The zero-order valence-corrected chi connectivity index (χ0v) is 13.5. The van der Waals surface area contributed by atoms with E-state index >= 15 is 0 Å². The van der Waals surface area contributed by atoms with Crippen LogP contribution in [0.5, 0.6) is 0 Å². The van der Waals surface area contributed by atoms with Crippen LogP contribution in [0.3, 0.4) is 0 Å². The Morgan fingerprint density at radius 1 is 1.28 bits per heavy atom. The third-order valence-electron chi connectivity index (χ3n) is 2.65. The van der Waals surface area contributed by atoms with Crippen molar-refractivity contribution < 1.29 is 0 Å². The summed E-state index contributed by atoms with van der Waals surface area (Å²) >= 11 is 8.43. The molecule has 0 spiro atoms. The van der Waals surface area contributed by atoms with E-state index in [1.807, 2.05) is 24.3 Å². The predicted octanol–water partition coefficient (Wildman–Crippen LogP) is 4.01. The minimum Gasteiger partial charge on any atom is -0.383 e. The van der Waals surface area contributed by atoms with E-state index in [9.17, 15) is 0 Å². The summed E-state index contributed by atoms with van der Waals surface area (Å²) in [6, 6.07) is 7.56. The average Bonchev–Trinajstić information content (AvgIpc) is 2.57. The molecule has 0 aliphatic carbocycles. The first-order chi connectivity index (χ1) is 8.32. The number of halogens is 2. The van der Waals surface area contributed by atoms with Crippen LogP contribution in [-0.2, 0) is 5.41 Å². The molecule has 0 saturated heterocycles. The molecular weight excluding hydrogens is 361 g/mol. The largest absolute Gasteiger partial charge is 0.383 e. The first-order valence-electron chi connectivity index (χ1n) is 5.61. The number of hydrogen-bond donors (Lipinski definition) is 1. The summed E-state index contributed by atoms with van der Waals surface area (Å²) < 4.78 is 2.70. The number of nitrogen functional groups attached to an aromatic ring is 1. The van der Waals surface area contributed by atoms with E-state index in [1.54, 1.807) is 4.68 Å². The van der Waals surface area contributed by atoms with Gasteiger partial charge in [0.1, 0.15) is 5.82 Å². The lowest BCUT2D eigenvalue weighted by Crippen LogP contribution is -2.14. The molecule has 0 fully saturated rings. The van der Waals surface area contributed by atoms with Gasteiger partial charge in [-0.25, -0.2) is 4.68 Å². The Bertz CT molecular complexity index is 584. The Hall–Kier alpha value is -0.750. The van der Waals surface area contributed by atoms with Crippen molar-refractivity contribution in [1.82, 2.24) is 9.78 Å². The third kappa shape index (κ3) is 2.36. The standard InChI is InChI=1S/C13H15ClIN3/c1-13(2,3)11-10(15)12(16)18(17-11)9-7-5-4-6-8(9)14/h4-7H,16H2,1-3H3. The van der Waals surface area contributed by atoms with Gasteiger partial charge in [0, 0.05) is 5.41 Å². The van der Waals surface area contributed by atoms with E-state index in [1.165, 1.54) is 0 Å². The molecule has 0 unspecified atom stereocenters. The predicted molar refractivity (Wildman–Crippen MR) is 84.4 cm³/mol. The lowest BCUT2D eigenvalue weighted by Gasteiger charge is -2.15. The van der Waals surface area contributed by atoms with Crippen molar-refractivity contribution in [3.63, 3.8) is 0 Å². The Balaban J connectivity index is 2.65. The molecule has 1 aromatic heterocycles. The summed E-state index contributed by atoms with van der Waals surface area (Å²) in [6.07, 6.45) is 0. The molecule has 1 heterocycles. The highest BCUT2D eigenvalue weighted by atomic mass is 127. The maximum Gasteiger partial charge on any atom is 0.141 e. The summed E-state index contributed by atoms with van der Waals surface area (Å²) in [5.74, 6) is 0.633. The van der Waals surface area contributed by atoms with Gasteiger partial charge in [-0.2, -0.15) is 5.10 Å². The summed E-state index contributed by atoms with van der Waals surface area (Å²) in [5, 5.41) is 5.25. The molecule has 0 bridgehead atoms. The Kier molecular flexibility index (Phi) is 3.60. The van der Waals surface area contributed by atoms with Crippen molar-refractivity contribution >= 4 is 40.0 Å². The van der Waals surface area contributed by atoms with Crippen LogP contribution in [0, 0.1) is 3.57 Å². The van der Waals surface area contributed by atoms with Gasteiger partial charge in [0.15, 0.2) is 0 Å². The number of rotatable bonds is 1. The van der Waals surface area contributed by atoms with Gasteiger partial charge in [0.05, 0.1) is 20.0 Å². The SMILES string of the molecule is CC(C)(C)c1nn(-c2ccccc2Cl)c(N)c1I.